The van der Waals surface area contributed by atoms with Crippen molar-refractivity contribution in [3.63, 3.8) is 0 Å². The van der Waals surface area contributed by atoms with Gasteiger partial charge in [0.2, 0.25) is 0 Å². The summed E-state index contributed by atoms with van der Waals surface area (Å²) in [6.45, 7) is 0. The molecule has 0 saturated carbocycles. The monoisotopic (exact) mass is 228 g/mol. The molecule has 3 heteroatoms. The minimum atomic E-state index is 0.418. The summed E-state index contributed by atoms with van der Waals surface area (Å²) in [5.74, 6) is 0. The highest BCUT2D eigenvalue weighted by Crippen LogP contribution is 2.22. The van der Waals surface area contributed by atoms with Crippen LogP contribution in [0.3, 0.4) is 0 Å². The first kappa shape index (κ1) is 10.7. The first-order valence-electron chi connectivity index (χ1n) is 4.89. The molecule has 0 aliphatic heterocycles. The van der Waals surface area contributed by atoms with Gasteiger partial charge in [-0.25, -0.2) is 0 Å². The van der Waals surface area contributed by atoms with Crippen LogP contribution in [-0.4, -0.2) is 4.98 Å². The molecule has 2 rings (SSSR count). The van der Waals surface area contributed by atoms with Crippen LogP contribution in [0.1, 0.15) is 12.0 Å². The molecule has 0 saturated heterocycles. The lowest BCUT2D eigenvalue weighted by Crippen LogP contribution is -1.80. The van der Waals surface area contributed by atoms with E-state index >= 15 is 0 Å². The van der Waals surface area contributed by atoms with Crippen LogP contribution in [0.15, 0.2) is 36.5 Å². The lowest BCUT2D eigenvalue weighted by molar-refractivity contribution is 1.36. The van der Waals surface area contributed by atoms with Gasteiger partial charge >= 0.3 is 0 Å². The fourth-order valence-electron chi connectivity index (χ4n) is 1.48. The molecule has 0 bridgehead atoms. The Bertz CT molecular complexity index is 582. The van der Waals surface area contributed by atoms with Crippen LogP contribution in [0.5, 0.6) is 0 Å². The summed E-state index contributed by atoms with van der Waals surface area (Å²) in [4.78, 5) is 4.25. The summed E-state index contributed by atoms with van der Waals surface area (Å²) >= 11 is 6.04. The fraction of sp³-hybridized carbons (Fsp3) is 0.0769. The Hall–Kier alpha value is -1.85. The average Bonchev–Trinajstić information content (AvgIpc) is 2.30. The lowest BCUT2D eigenvalue weighted by atomic mass is 10.1. The zero-order chi connectivity index (χ0) is 11.4. The molecule has 0 fully saturated rings. The Labute approximate surface area is 98.8 Å². The van der Waals surface area contributed by atoms with E-state index in [9.17, 15) is 0 Å². The predicted octanol–water partition coefficient (Wildman–Crippen LogP) is 3.82. The first-order chi connectivity index (χ1) is 7.81. The number of benzene rings is 1. The Balaban J connectivity index is 2.42. The van der Waals surface area contributed by atoms with Crippen LogP contribution >= 0.6 is 11.6 Å². The predicted molar refractivity (Wildman–Crippen MR) is 66.0 cm³/mol. The number of fused-ring (bicyclic) bond motifs is 1. The van der Waals surface area contributed by atoms with Crippen LogP contribution in [0.4, 0.5) is 0 Å². The smallest absolute Gasteiger partial charge is 0.0722 e. The third-order valence-electron chi connectivity index (χ3n) is 2.23. The number of nitrogens with zero attached hydrogens (tertiary/aromatic N) is 2. The highest BCUT2D eigenvalue weighted by molar-refractivity contribution is 6.35. The van der Waals surface area contributed by atoms with Gasteiger partial charge in [-0.1, -0.05) is 35.9 Å². The third kappa shape index (κ3) is 2.21. The number of rotatable bonds is 2. The van der Waals surface area contributed by atoms with Gasteiger partial charge in [0.05, 0.1) is 23.0 Å². The summed E-state index contributed by atoms with van der Waals surface area (Å²) in [7, 11) is 0. The molecule has 0 N–H and O–H groups in total. The SMILES string of the molecule is N#CCC=Cc1ccc2c(Cl)ccnc2c1. The maximum absolute atomic E-state index is 8.42. The molecule has 1 aromatic carbocycles. The number of halogens is 1. The van der Waals surface area contributed by atoms with E-state index in [2.05, 4.69) is 11.1 Å². The van der Waals surface area contributed by atoms with Crippen molar-refractivity contribution < 1.29 is 0 Å². The number of allylic oxidation sites excluding steroid dienone is 1. The van der Waals surface area contributed by atoms with Gasteiger partial charge in [-0.3, -0.25) is 4.98 Å². The van der Waals surface area contributed by atoms with Crippen molar-refractivity contribution in [2.75, 3.05) is 0 Å². The van der Waals surface area contributed by atoms with Crippen molar-refractivity contribution in [3.05, 3.63) is 47.1 Å². The van der Waals surface area contributed by atoms with E-state index in [1.54, 1.807) is 12.3 Å². The highest BCUT2D eigenvalue weighted by atomic mass is 35.5. The molecule has 16 heavy (non-hydrogen) atoms. The number of hydrogen-bond acceptors (Lipinski definition) is 2. The van der Waals surface area contributed by atoms with Gasteiger partial charge in [0.25, 0.3) is 0 Å². The quantitative estimate of drug-likeness (QED) is 0.784. The minimum Gasteiger partial charge on any atom is -0.256 e. The van der Waals surface area contributed by atoms with Gasteiger partial charge in [-0.05, 0) is 17.7 Å². The molecule has 0 radical (unpaired) electrons. The largest absolute Gasteiger partial charge is 0.256 e. The standard InChI is InChI=1S/C13H9ClN2/c14-12-6-8-16-13-9-10(3-1-2-7-15)4-5-11(12)13/h1,3-6,8-9H,2H2. The summed E-state index contributed by atoms with van der Waals surface area (Å²) in [5.41, 5.74) is 1.89. The average molecular weight is 229 g/mol. The van der Waals surface area contributed by atoms with Crippen molar-refractivity contribution in [1.82, 2.24) is 4.98 Å². The van der Waals surface area contributed by atoms with Crippen molar-refractivity contribution in [2.24, 2.45) is 0 Å². The maximum atomic E-state index is 8.42. The summed E-state index contributed by atoms with van der Waals surface area (Å²) in [6.07, 6.45) is 5.84. The van der Waals surface area contributed by atoms with Crippen molar-refractivity contribution in [1.29, 1.82) is 5.26 Å². The van der Waals surface area contributed by atoms with Gasteiger partial charge in [-0.2, -0.15) is 5.26 Å². The van der Waals surface area contributed by atoms with E-state index in [1.807, 2.05) is 30.4 Å². The van der Waals surface area contributed by atoms with E-state index in [0.717, 1.165) is 16.5 Å². The minimum absolute atomic E-state index is 0.418. The molecule has 1 heterocycles. The molecular weight excluding hydrogens is 220 g/mol. The molecule has 0 aliphatic rings. The fourth-order valence-corrected chi connectivity index (χ4v) is 1.70. The topological polar surface area (TPSA) is 36.7 Å². The Kier molecular flexibility index (Phi) is 3.19. The van der Waals surface area contributed by atoms with E-state index in [4.69, 9.17) is 16.9 Å². The van der Waals surface area contributed by atoms with Crippen LogP contribution < -0.4 is 0 Å². The van der Waals surface area contributed by atoms with Crippen molar-refractivity contribution in [3.8, 4) is 6.07 Å². The highest BCUT2D eigenvalue weighted by Gasteiger charge is 1.99. The van der Waals surface area contributed by atoms with E-state index in [0.29, 0.717) is 11.4 Å². The maximum Gasteiger partial charge on any atom is 0.0722 e. The second-order valence-corrected chi connectivity index (χ2v) is 3.74. The summed E-state index contributed by atoms with van der Waals surface area (Å²) in [5, 5.41) is 10.1. The van der Waals surface area contributed by atoms with Gasteiger partial charge in [0.1, 0.15) is 0 Å². The molecule has 0 unspecified atom stereocenters. The van der Waals surface area contributed by atoms with Gasteiger partial charge < -0.3 is 0 Å². The number of aromatic nitrogens is 1. The molecule has 2 nitrogen and oxygen atoms in total. The molecule has 0 aliphatic carbocycles. The normalized spacial score (nSPS) is 10.8. The molecule has 0 amide bonds. The molecule has 1 aromatic heterocycles. The van der Waals surface area contributed by atoms with Gasteiger partial charge in [0.15, 0.2) is 0 Å². The summed E-state index contributed by atoms with van der Waals surface area (Å²) < 4.78 is 0. The Morgan fingerprint density at radius 2 is 2.25 bits per heavy atom. The molecule has 0 atom stereocenters. The second-order valence-electron chi connectivity index (χ2n) is 3.33. The first-order valence-corrected chi connectivity index (χ1v) is 5.27. The third-order valence-corrected chi connectivity index (χ3v) is 2.56. The zero-order valence-corrected chi connectivity index (χ0v) is 9.28. The van der Waals surface area contributed by atoms with Crippen LogP contribution in [0.2, 0.25) is 5.02 Å². The van der Waals surface area contributed by atoms with Crippen LogP contribution in [0, 0.1) is 11.3 Å². The molecule has 78 valence electrons. The number of pyridine rings is 1. The van der Waals surface area contributed by atoms with E-state index in [1.165, 1.54) is 0 Å². The lowest BCUT2D eigenvalue weighted by Gasteiger charge is -2.00. The molecule has 0 spiro atoms. The van der Waals surface area contributed by atoms with Crippen LogP contribution in [-0.2, 0) is 0 Å². The van der Waals surface area contributed by atoms with Crippen molar-refractivity contribution >= 4 is 28.6 Å². The van der Waals surface area contributed by atoms with E-state index in [-0.39, 0.29) is 0 Å². The van der Waals surface area contributed by atoms with Gasteiger partial charge in [0, 0.05) is 11.6 Å². The summed E-state index contributed by atoms with van der Waals surface area (Å²) in [6, 6.07) is 9.69. The molecule has 2 aromatic rings. The Morgan fingerprint density at radius 1 is 1.38 bits per heavy atom. The molecular formula is C13H9ClN2. The second kappa shape index (κ2) is 4.78. The van der Waals surface area contributed by atoms with E-state index < -0.39 is 0 Å². The number of nitriles is 1. The van der Waals surface area contributed by atoms with Crippen molar-refractivity contribution in [2.45, 2.75) is 6.42 Å². The van der Waals surface area contributed by atoms with Gasteiger partial charge in [-0.15, -0.1) is 0 Å². The Morgan fingerprint density at radius 3 is 3.06 bits per heavy atom. The number of hydrogen-bond donors (Lipinski definition) is 0. The zero-order valence-electron chi connectivity index (χ0n) is 8.52. The van der Waals surface area contributed by atoms with Crippen LogP contribution in [0.25, 0.3) is 17.0 Å².